The molecule has 0 bridgehead atoms. The summed E-state index contributed by atoms with van der Waals surface area (Å²) in [6, 6.07) is 0. The Morgan fingerprint density at radius 1 is 1.50 bits per heavy atom. The fourth-order valence-corrected chi connectivity index (χ4v) is 2.52. The number of rotatable bonds is 6. The van der Waals surface area contributed by atoms with Crippen LogP contribution in [0, 0.1) is 0 Å². The van der Waals surface area contributed by atoms with Gasteiger partial charge in [0.1, 0.15) is 10.7 Å². The summed E-state index contributed by atoms with van der Waals surface area (Å²) in [4.78, 5) is 16.5. The van der Waals surface area contributed by atoms with E-state index in [2.05, 4.69) is 15.6 Å². The third-order valence-corrected chi connectivity index (χ3v) is 3.56. The Morgan fingerprint density at radius 3 is 2.70 bits per heavy atom. The van der Waals surface area contributed by atoms with E-state index in [0.717, 1.165) is 0 Å². The van der Waals surface area contributed by atoms with Crippen LogP contribution in [0.5, 0.6) is 0 Å². The van der Waals surface area contributed by atoms with Crippen molar-refractivity contribution in [3.05, 3.63) is 4.88 Å². The predicted molar refractivity (Wildman–Crippen MR) is 83.2 cm³/mol. The van der Waals surface area contributed by atoms with Gasteiger partial charge in [-0.2, -0.15) is 0 Å². The lowest BCUT2D eigenvalue weighted by atomic mass is 10.1. The van der Waals surface area contributed by atoms with E-state index in [0.29, 0.717) is 29.4 Å². The van der Waals surface area contributed by atoms with E-state index in [9.17, 15) is 9.90 Å². The summed E-state index contributed by atoms with van der Waals surface area (Å²) in [6.07, 6.45) is 0.832. The Labute approximate surface area is 123 Å². The van der Waals surface area contributed by atoms with Crippen LogP contribution in [0.3, 0.4) is 0 Å². The Morgan fingerprint density at radius 2 is 2.15 bits per heavy atom. The topological polar surface area (TPSA) is 100 Å². The molecule has 1 aromatic rings. The van der Waals surface area contributed by atoms with Crippen LogP contribution in [0.2, 0.25) is 0 Å². The third kappa shape index (κ3) is 5.34. The molecule has 1 rings (SSSR count). The quantitative estimate of drug-likeness (QED) is 0.642. The second kappa shape index (κ2) is 6.90. The van der Waals surface area contributed by atoms with Gasteiger partial charge in [-0.05, 0) is 33.6 Å². The van der Waals surface area contributed by atoms with Crippen molar-refractivity contribution in [2.75, 3.05) is 17.6 Å². The summed E-state index contributed by atoms with van der Waals surface area (Å²) in [5.74, 6) is -0.0134. The number of nitrogens with two attached hydrogens (primary N) is 1. The van der Waals surface area contributed by atoms with Crippen molar-refractivity contribution in [1.29, 1.82) is 0 Å². The maximum Gasteiger partial charge on any atom is 0.265 e. The molecule has 0 aliphatic carbocycles. The van der Waals surface area contributed by atoms with Crippen LogP contribution >= 0.6 is 11.3 Å². The highest BCUT2D eigenvalue weighted by Gasteiger charge is 2.19. The van der Waals surface area contributed by atoms with E-state index in [-0.39, 0.29) is 23.4 Å². The SMILES string of the molecule is CCC(O)CCNC(=O)c1sc(NC(C)(C)C)nc1N. The molecule has 1 amide bonds. The van der Waals surface area contributed by atoms with Crippen LogP contribution < -0.4 is 16.4 Å². The summed E-state index contributed by atoms with van der Waals surface area (Å²) in [5.41, 5.74) is 5.63. The highest BCUT2D eigenvalue weighted by atomic mass is 32.1. The van der Waals surface area contributed by atoms with Crippen molar-refractivity contribution in [3.8, 4) is 0 Å². The second-order valence-corrected chi connectivity index (χ2v) is 6.71. The number of aliphatic hydroxyl groups is 1. The molecule has 0 aromatic carbocycles. The van der Waals surface area contributed by atoms with E-state index < -0.39 is 0 Å². The number of aliphatic hydroxyl groups excluding tert-OH is 1. The van der Waals surface area contributed by atoms with E-state index in [1.807, 2.05) is 27.7 Å². The number of nitrogens with one attached hydrogen (secondary N) is 2. The normalized spacial score (nSPS) is 13.1. The van der Waals surface area contributed by atoms with Gasteiger partial charge in [-0.1, -0.05) is 18.3 Å². The van der Waals surface area contributed by atoms with E-state index in [4.69, 9.17) is 5.73 Å². The number of anilines is 2. The number of hydrogen-bond acceptors (Lipinski definition) is 6. The molecule has 1 atom stereocenters. The van der Waals surface area contributed by atoms with Gasteiger partial charge in [-0.3, -0.25) is 4.79 Å². The minimum absolute atomic E-state index is 0.136. The molecule has 7 heteroatoms. The average molecular weight is 300 g/mol. The summed E-state index contributed by atoms with van der Waals surface area (Å²) in [5, 5.41) is 16.0. The minimum Gasteiger partial charge on any atom is -0.393 e. The molecule has 0 saturated heterocycles. The predicted octanol–water partition coefficient (Wildman–Crippen LogP) is 1.83. The van der Waals surface area contributed by atoms with Crippen LogP contribution in [0.15, 0.2) is 0 Å². The number of nitrogen functional groups attached to an aromatic ring is 1. The van der Waals surface area contributed by atoms with Crippen molar-refractivity contribution in [2.45, 2.75) is 52.2 Å². The average Bonchev–Trinajstić information content (AvgIpc) is 2.67. The number of amides is 1. The fraction of sp³-hybridized carbons (Fsp3) is 0.692. The minimum atomic E-state index is -0.382. The maximum absolute atomic E-state index is 12.0. The maximum atomic E-state index is 12.0. The van der Waals surface area contributed by atoms with E-state index in [1.54, 1.807) is 0 Å². The molecule has 0 saturated carbocycles. The molecule has 0 aliphatic rings. The van der Waals surface area contributed by atoms with Gasteiger partial charge in [0.05, 0.1) is 6.10 Å². The van der Waals surface area contributed by atoms with Gasteiger partial charge in [-0.25, -0.2) is 4.98 Å². The molecule has 1 aromatic heterocycles. The molecule has 20 heavy (non-hydrogen) atoms. The number of nitrogens with zero attached hydrogens (tertiary/aromatic N) is 1. The van der Waals surface area contributed by atoms with Crippen molar-refractivity contribution < 1.29 is 9.90 Å². The van der Waals surface area contributed by atoms with Crippen LogP contribution in [0.4, 0.5) is 10.9 Å². The van der Waals surface area contributed by atoms with Gasteiger partial charge >= 0.3 is 0 Å². The van der Waals surface area contributed by atoms with Gasteiger partial charge in [-0.15, -0.1) is 0 Å². The first-order valence-electron chi connectivity index (χ1n) is 6.73. The number of carbonyl (C=O) groups is 1. The van der Waals surface area contributed by atoms with Gasteiger partial charge in [0.25, 0.3) is 5.91 Å². The molecule has 1 heterocycles. The lowest BCUT2D eigenvalue weighted by Gasteiger charge is -2.19. The van der Waals surface area contributed by atoms with Crippen LogP contribution in [-0.4, -0.2) is 34.2 Å². The Hall–Kier alpha value is -1.34. The largest absolute Gasteiger partial charge is 0.393 e. The third-order valence-electron chi connectivity index (χ3n) is 2.58. The van der Waals surface area contributed by atoms with Crippen LogP contribution in [0.25, 0.3) is 0 Å². The first-order valence-corrected chi connectivity index (χ1v) is 7.55. The second-order valence-electron chi connectivity index (χ2n) is 5.72. The fourth-order valence-electron chi connectivity index (χ4n) is 1.51. The van der Waals surface area contributed by atoms with Crippen LogP contribution in [-0.2, 0) is 0 Å². The lowest BCUT2D eigenvalue weighted by molar-refractivity contribution is 0.0946. The lowest BCUT2D eigenvalue weighted by Crippen LogP contribution is -2.27. The first-order chi connectivity index (χ1) is 9.23. The van der Waals surface area contributed by atoms with Gasteiger partial charge in [0.2, 0.25) is 0 Å². The van der Waals surface area contributed by atoms with Crippen molar-refractivity contribution >= 4 is 28.2 Å². The number of aromatic nitrogens is 1. The standard InChI is InChI=1S/C13H24N4O2S/c1-5-8(18)6-7-15-11(19)9-10(14)16-12(20-9)17-13(2,3)4/h8,18H,5-7,14H2,1-4H3,(H,15,19)(H,16,17). The molecular weight excluding hydrogens is 276 g/mol. The Bertz CT molecular complexity index is 454. The van der Waals surface area contributed by atoms with Gasteiger partial charge < -0.3 is 21.5 Å². The monoisotopic (exact) mass is 300 g/mol. The summed E-state index contributed by atoms with van der Waals surface area (Å²) in [7, 11) is 0. The van der Waals surface area contributed by atoms with Crippen LogP contribution in [0.1, 0.15) is 50.2 Å². The molecular formula is C13H24N4O2S. The molecule has 114 valence electrons. The van der Waals surface area contributed by atoms with Crippen molar-refractivity contribution in [2.24, 2.45) is 0 Å². The van der Waals surface area contributed by atoms with Crippen molar-refractivity contribution in [1.82, 2.24) is 10.3 Å². The number of carbonyl (C=O) groups excluding carboxylic acids is 1. The number of hydrogen-bond donors (Lipinski definition) is 4. The van der Waals surface area contributed by atoms with Crippen molar-refractivity contribution in [3.63, 3.8) is 0 Å². The van der Waals surface area contributed by atoms with E-state index in [1.165, 1.54) is 11.3 Å². The summed E-state index contributed by atoms with van der Waals surface area (Å²) >= 11 is 1.24. The smallest absolute Gasteiger partial charge is 0.265 e. The molecule has 5 N–H and O–H groups in total. The molecule has 0 radical (unpaired) electrons. The molecule has 6 nitrogen and oxygen atoms in total. The summed E-state index contributed by atoms with van der Waals surface area (Å²) < 4.78 is 0. The Kier molecular flexibility index (Phi) is 5.76. The molecule has 0 fully saturated rings. The van der Waals surface area contributed by atoms with Gasteiger partial charge in [0, 0.05) is 12.1 Å². The van der Waals surface area contributed by atoms with Gasteiger partial charge in [0.15, 0.2) is 5.13 Å². The highest BCUT2D eigenvalue weighted by Crippen LogP contribution is 2.27. The first kappa shape index (κ1) is 16.7. The zero-order valence-electron chi connectivity index (χ0n) is 12.5. The number of thiazole rings is 1. The Balaban J connectivity index is 2.60. The highest BCUT2D eigenvalue weighted by molar-refractivity contribution is 7.18. The molecule has 0 spiro atoms. The zero-order valence-corrected chi connectivity index (χ0v) is 13.3. The van der Waals surface area contributed by atoms with E-state index >= 15 is 0 Å². The molecule has 0 aliphatic heterocycles. The zero-order chi connectivity index (χ0) is 15.3. The summed E-state index contributed by atoms with van der Waals surface area (Å²) in [6.45, 7) is 8.36. The molecule has 1 unspecified atom stereocenters.